The monoisotopic (exact) mass is 293 g/mol. The van der Waals surface area contributed by atoms with Gasteiger partial charge in [0.15, 0.2) is 0 Å². The predicted molar refractivity (Wildman–Crippen MR) is 76.8 cm³/mol. The topological polar surface area (TPSA) is 108 Å². The van der Waals surface area contributed by atoms with Crippen molar-refractivity contribution in [1.29, 1.82) is 0 Å². The number of aliphatic carboxylic acids is 1. The Hall–Kier alpha value is -2.57. The highest BCUT2D eigenvalue weighted by Gasteiger charge is 2.19. The van der Waals surface area contributed by atoms with Gasteiger partial charge in [0, 0.05) is 26.4 Å². The molecule has 0 bridgehead atoms. The van der Waals surface area contributed by atoms with E-state index in [1.165, 1.54) is 6.92 Å². The summed E-state index contributed by atoms with van der Waals surface area (Å²) in [6, 6.07) is 7.46. The van der Waals surface area contributed by atoms with E-state index in [-0.39, 0.29) is 18.9 Å². The number of benzene rings is 1. The van der Waals surface area contributed by atoms with Crippen LogP contribution in [0.2, 0.25) is 0 Å². The molecule has 114 valence electrons. The van der Waals surface area contributed by atoms with E-state index >= 15 is 0 Å². The molecule has 0 fully saturated rings. The summed E-state index contributed by atoms with van der Waals surface area (Å²) in [5.41, 5.74) is 0.823. The zero-order valence-corrected chi connectivity index (χ0v) is 11.8. The van der Waals surface area contributed by atoms with Crippen LogP contribution in [-0.4, -0.2) is 42.1 Å². The first kappa shape index (κ1) is 16.5. The Kier molecular flexibility index (Phi) is 6.73. The van der Waals surface area contributed by atoms with E-state index in [0.717, 1.165) is 5.56 Å². The lowest BCUT2D eigenvalue weighted by molar-refractivity contribution is -0.139. The molecule has 0 aliphatic carbocycles. The van der Waals surface area contributed by atoms with Crippen LogP contribution in [0.5, 0.6) is 0 Å². The number of carbonyl (C=O) groups excluding carboxylic acids is 2. The number of urea groups is 1. The number of hydrogen-bond acceptors (Lipinski definition) is 3. The van der Waals surface area contributed by atoms with Crippen molar-refractivity contribution in [3.8, 4) is 0 Å². The molecular weight excluding hydrogens is 274 g/mol. The van der Waals surface area contributed by atoms with E-state index in [4.69, 9.17) is 5.11 Å². The zero-order valence-electron chi connectivity index (χ0n) is 11.8. The van der Waals surface area contributed by atoms with Crippen molar-refractivity contribution in [2.75, 3.05) is 13.1 Å². The van der Waals surface area contributed by atoms with Crippen LogP contribution in [-0.2, 0) is 16.0 Å². The highest BCUT2D eigenvalue weighted by Crippen LogP contribution is 2.03. The summed E-state index contributed by atoms with van der Waals surface area (Å²) in [4.78, 5) is 33.4. The maximum atomic E-state index is 11.6. The van der Waals surface area contributed by atoms with Crippen molar-refractivity contribution < 1.29 is 19.5 Å². The molecule has 7 heteroatoms. The summed E-state index contributed by atoms with van der Waals surface area (Å²) in [6.07, 6.45) is 0.204. The van der Waals surface area contributed by atoms with Gasteiger partial charge in [-0.15, -0.1) is 0 Å². The van der Waals surface area contributed by atoms with Crippen LogP contribution in [0.3, 0.4) is 0 Å². The van der Waals surface area contributed by atoms with E-state index in [0.29, 0.717) is 6.54 Å². The van der Waals surface area contributed by atoms with E-state index in [1.807, 2.05) is 18.2 Å². The Morgan fingerprint density at radius 1 is 1.10 bits per heavy atom. The van der Waals surface area contributed by atoms with E-state index in [9.17, 15) is 14.4 Å². The minimum Gasteiger partial charge on any atom is -0.480 e. The number of hydrogen-bond donors (Lipinski definition) is 4. The third-order valence-corrected chi connectivity index (χ3v) is 2.67. The fraction of sp³-hybridized carbons (Fsp3) is 0.357. The number of rotatable bonds is 7. The lowest BCUT2D eigenvalue weighted by Crippen LogP contribution is -2.48. The van der Waals surface area contributed by atoms with Gasteiger partial charge in [0.05, 0.1) is 0 Å². The van der Waals surface area contributed by atoms with Crippen LogP contribution in [0.15, 0.2) is 30.3 Å². The summed E-state index contributed by atoms with van der Waals surface area (Å²) < 4.78 is 0. The molecule has 1 unspecified atom stereocenters. The molecule has 4 N–H and O–H groups in total. The molecule has 1 rings (SSSR count). The Morgan fingerprint density at radius 2 is 1.71 bits per heavy atom. The van der Waals surface area contributed by atoms with Gasteiger partial charge in [0.25, 0.3) is 0 Å². The SMILES string of the molecule is CC(=O)NCCNC(=O)NC(Cc1ccccc1)C(=O)O. The van der Waals surface area contributed by atoms with Gasteiger partial charge in [0.1, 0.15) is 6.04 Å². The number of carboxylic acid groups (broad SMARTS) is 1. The highest BCUT2D eigenvalue weighted by atomic mass is 16.4. The summed E-state index contributed by atoms with van der Waals surface area (Å²) in [5.74, 6) is -1.29. The van der Waals surface area contributed by atoms with Gasteiger partial charge >= 0.3 is 12.0 Å². The van der Waals surface area contributed by atoms with Crippen LogP contribution in [0, 0.1) is 0 Å². The van der Waals surface area contributed by atoms with Crippen molar-refractivity contribution in [2.24, 2.45) is 0 Å². The first-order valence-electron chi connectivity index (χ1n) is 6.54. The van der Waals surface area contributed by atoms with Gasteiger partial charge in [0.2, 0.25) is 5.91 Å². The first-order valence-corrected chi connectivity index (χ1v) is 6.54. The second-order valence-electron chi connectivity index (χ2n) is 4.46. The largest absolute Gasteiger partial charge is 0.480 e. The van der Waals surface area contributed by atoms with Crippen LogP contribution < -0.4 is 16.0 Å². The fourth-order valence-corrected chi connectivity index (χ4v) is 1.67. The molecule has 0 saturated carbocycles. The Morgan fingerprint density at radius 3 is 2.29 bits per heavy atom. The van der Waals surface area contributed by atoms with Gasteiger partial charge < -0.3 is 21.1 Å². The minimum absolute atomic E-state index is 0.190. The van der Waals surface area contributed by atoms with E-state index in [1.54, 1.807) is 12.1 Å². The number of nitrogens with one attached hydrogen (secondary N) is 3. The van der Waals surface area contributed by atoms with Gasteiger partial charge in [-0.1, -0.05) is 30.3 Å². The second-order valence-corrected chi connectivity index (χ2v) is 4.46. The average Bonchev–Trinajstić information content (AvgIpc) is 2.44. The third-order valence-electron chi connectivity index (χ3n) is 2.67. The molecule has 0 aliphatic rings. The summed E-state index contributed by atoms with van der Waals surface area (Å²) in [7, 11) is 0. The van der Waals surface area contributed by atoms with Gasteiger partial charge in [-0.2, -0.15) is 0 Å². The molecule has 0 radical (unpaired) electrons. The maximum absolute atomic E-state index is 11.6. The summed E-state index contributed by atoms with van der Waals surface area (Å²) in [6.45, 7) is 1.89. The number of carbonyl (C=O) groups is 3. The van der Waals surface area contributed by atoms with Crippen LogP contribution >= 0.6 is 0 Å². The molecule has 1 aromatic carbocycles. The molecule has 3 amide bonds. The Labute approximate surface area is 122 Å². The molecule has 0 spiro atoms. The van der Waals surface area contributed by atoms with Crippen LogP contribution in [0.4, 0.5) is 4.79 Å². The lowest BCUT2D eigenvalue weighted by atomic mass is 10.1. The smallest absolute Gasteiger partial charge is 0.326 e. The predicted octanol–water partition coefficient (Wildman–Crippen LogP) is 0.118. The molecule has 0 heterocycles. The molecule has 0 aromatic heterocycles. The molecule has 21 heavy (non-hydrogen) atoms. The maximum Gasteiger partial charge on any atom is 0.326 e. The zero-order chi connectivity index (χ0) is 15.7. The quantitative estimate of drug-likeness (QED) is 0.535. The van der Waals surface area contributed by atoms with Crippen LogP contribution in [0.1, 0.15) is 12.5 Å². The average molecular weight is 293 g/mol. The van der Waals surface area contributed by atoms with Crippen molar-refractivity contribution in [3.63, 3.8) is 0 Å². The van der Waals surface area contributed by atoms with E-state index < -0.39 is 18.0 Å². The fourth-order valence-electron chi connectivity index (χ4n) is 1.67. The molecule has 1 aromatic rings. The highest BCUT2D eigenvalue weighted by molar-refractivity contribution is 5.82. The number of carboxylic acids is 1. The normalized spacial score (nSPS) is 11.3. The molecule has 1 atom stereocenters. The van der Waals surface area contributed by atoms with Gasteiger partial charge in [-0.05, 0) is 5.56 Å². The van der Waals surface area contributed by atoms with Crippen molar-refractivity contribution in [3.05, 3.63) is 35.9 Å². The standard InChI is InChI=1S/C14H19N3O4/c1-10(18)15-7-8-16-14(21)17-12(13(19)20)9-11-5-3-2-4-6-11/h2-6,12H,7-9H2,1H3,(H,15,18)(H,19,20)(H2,16,17,21). The van der Waals surface area contributed by atoms with Crippen molar-refractivity contribution in [1.82, 2.24) is 16.0 Å². The van der Waals surface area contributed by atoms with Crippen molar-refractivity contribution in [2.45, 2.75) is 19.4 Å². The van der Waals surface area contributed by atoms with Crippen LogP contribution in [0.25, 0.3) is 0 Å². The molecule has 0 aliphatic heterocycles. The number of amides is 3. The molecule has 0 saturated heterocycles. The molecule has 7 nitrogen and oxygen atoms in total. The third kappa shape index (κ3) is 6.95. The summed E-state index contributed by atoms with van der Waals surface area (Å²) in [5, 5.41) is 16.5. The Bertz CT molecular complexity index is 490. The second kappa shape index (κ2) is 8.57. The first-order chi connectivity index (χ1) is 9.99. The van der Waals surface area contributed by atoms with E-state index in [2.05, 4.69) is 16.0 Å². The lowest BCUT2D eigenvalue weighted by Gasteiger charge is -2.15. The van der Waals surface area contributed by atoms with Crippen molar-refractivity contribution >= 4 is 17.9 Å². The summed E-state index contributed by atoms with van der Waals surface area (Å²) >= 11 is 0. The Balaban J connectivity index is 2.41. The van der Waals surface area contributed by atoms with Gasteiger partial charge in [-0.25, -0.2) is 9.59 Å². The molecular formula is C14H19N3O4. The van der Waals surface area contributed by atoms with Gasteiger partial charge in [-0.3, -0.25) is 4.79 Å². The minimum atomic E-state index is -1.10.